The van der Waals surface area contributed by atoms with Gasteiger partial charge in [0.05, 0.1) is 18.4 Å². The number of benzene rings is 1. The van der Waals surface area contributed by atoms with Crippen LogP contribution in [0.15, 0.2) is 24.4 Å². The fourth-order valence-electron chi connectivity index (χ4n) is 2.49. The molecule has 5 nitrogen and oxygen atoms in total. The number of carbonyl (C=O) groups is 1. The fourth-order valence-corrected chi connectivity index (χ4v) is 2.49. The van der Waals surface area contributed by atoms with E-state index in [0.29, 0.717) is 12.2 Å². The van der Waals surface area contributed by atoms with Gasteiger partial charge in [0.15, 0.2) is 0 Å². The van der Waals surface area contributed by atoms with E-state index in [1.54, 1.807) is 11.7 Å². The number of aromatic nitrogens is 2. The molecule has 0 spiro atoms. The van der Waals surface area contributed by atoms with Crippen LogP contribution < -0.4 is 5.32 Å². The maximum Gasteiger partial charge on any atom is 0.339 e. The van der Waals surface area contributed by atoms with Crippen molar-refractivity contribution in [3.05, 3.63) is 46.8 Å². The van der Waals surface area contributed by atoms with Crippen LogP contribution in [-0.4, -0.2) is 20.9 Å². The second-order valence-electron chi connectivity index (χ2n) is 4.95. The van der Waals surface area contributed by atoms with Gasteiger partial charge < -0.3 is 10.4 Å². The van der Waals surface area contributed by atoms with Crippen LogP contribution in [0.2, 0.25) is 0 Å². The number of nitrogens with zero attached hydrogens (tertiary/aromatic N) is 2. The van der Waals surface area contributed by atoms with Gasteiger partial charge in [-0.1, -0.05) is 32.0 Å². The van der Waals surface area contributed by atoms with Crippen LogP contribution in [-0.2, 0) is 26.4 Å². The lowest BCUT2D eigenvalue weighted by atomic mass is 10.0. The Morgan fingerprint density at radius 1 is 1.29 bits per heavy atom. The van der Waals surface area contributed by atoms with Crippen molar-refractivity contribution in [2.45, 2.75) is 33.2 Å². The summed E-state index contributed by atoms with van der Waals surface area (Å²) in [5, 5.41) is 16.6. The molecule has 0 saturated carbocycles. The average Bonchev–Trinajstić information content (AvgIpc) is 2.85. The third-order valence-electron chi connectivity index (χ3n) is 3.72. The predicted octanol–water partition coefficient (Wildman–Crippen LogP) is 2.86. The summed E-state index contributed by atoms with van der Waals surface area (Å²) < 4.78 is 1.61. The first-order chi connectivity index (χ1) is 10.1. The molecule has 21 heavy (non-hydrogen) atoms. The zero-order chi connectivity index (χ0) is 15.4. The molecule has 0 aliphatic heterocycles. The normalized spacial score (nSPS) is 10.6. The molecule has 0 aliphatic carbocycles. The van der Waals surface area contributed by atoms with Gasteiger partial charge in [0.25, 0.3) is 0 Å². The van der Waals surface area contributed by atoms with E-state index in [2.05, 4.69) is 42.5 Å². The van der Waals surface area contributed by atoms with Crippen LogP contribution in [0.5, 0.6) is 0 Å². The molecule has 0 bridgehead atoms. The van der Waals surface area contributed by atoms with Crippen molar-refractivity contribution < 1.29 is 9.90 Å². The molecule has 1 heterocycles. The number of aryl methyl sites for hydroxylation is 3. The van der Waals surface area contributed by atoms with Crippen molar-refractivity contribution >= 4 is 11.7 Å². The van der Waals surface area contributed by atoms with Crippen molar-refractivity contribution in [1.29, 1.82) is 0 Å². The second-order valence-corrected chi connectivity index (χ2v) is 4.95. The first-order valence-corrected chi connectivity index (χ1v) is 7.17. The standard InChI is InChI=1S/C16H21N3O2/c1-4-11-7-6-8-12(5-2)15(11)17-10-14-13(16(20)21)9-18-19(14)3/h6-9,17H,4-5,10H2,1-3H3,(H,20,21). The van der Waals surface area contributed by atoms with E-state index in [0.717, 1.165) is 18.5 Å². The molecule has 0 atom stereocenters. The lowest BCUT2D eigenvalue weighted by molar-refractivity contribution is 0.0695. The Bertz CT molecular complexity index is 625. The highest BCUT2D eigenvalue weighted by molar-refractivity contribution is 5.88. The van der Waals surface area contributed by atoms with Crippen molar-refractivity contribution in [3.63, 3.8) is 0 Å². The van der Waals surface area contributed by atoms with E-state index in [4.69, 9.17) is 0 Å². The molecule has 0 saturated heterocycles. The molecular weight excluding hydrogens is 266 g/mol. The van der Waals surface area contributed by atoms with Gasteiger partial charge in [0, 0.05) is 12.7 Å². The van der Waals surface area contributed by atoms with Crippen LogP contribution in [0.4, 0.5) is 5.69 Å². The molecule has 0 fully saturated rings. The summed E-state index contributed by atoms with van der Waals surface area (Å²) in [6.45, 7) is 4.68. The Morgan fingerprint density at radius 3 is 2.43 bits per heavy atom. The first-order valence-electron chi connectivity index (χ1n) is 7.17. The Morgan fingerprint density at radius 2 is 1.90 bits per heavy atom. The van der Waals surface area contributed by atoms with Crippen LogP contribution in [0.1, 0.15) is 41.0 Å². The number of anilines is 1. The number of carboxylic acids is 1. The number of carboxylic acid groups (broad SMARTS) is 1. The van der Waals surface area contributed by atoms with Gasteiger partial charge in [0.1, 0.15) is 5.56 Å². The summed E-state index contributed by atoms with van der Waals surface area (Å²) in [6.07, 6.45) is 3.27. The molecule has 2 aromatic rings. The van der Waals surface area contributed by atoms with Gasteiger partial charge in [-0.05, 0) is 24.0 Å². The first kappa shape index (κ1) is 15.1. The minimum Gasteiger partial charge on any atom is -0.478 e. The number of rotatable bonds is 6. The largest absolute Gasteiger partial charge is 0.478 e. The van der Waals surface area contributed by atoms with Crippen LogP contribution >= 0.6 is 0 Å². The molecular formula is C16H21N3O2. The Balaban J connectivity index is 2.28. The minimum absolute atomic E-state index is 0.247. The van der Waals surface area contributed by atoms with E-state index in [-0.39, 0.29) is 5.56 Å². The average molecular weight is 287 g/mol. The van der Waals surface area contributed by atoms with E-state index >= 15 is 0 Å². The van der Waals surface area contributed by atoms with Crippen molar-refractivity contribution in [3.8, 4) is 0 Å². The maximum absolute atomic E-state index is 11.2. The van der Waals surface area contributed by atoms with E-state index < -0.39 is 5.97 Å². The van der Waals surface area contributed by atoms with E-state index in [1.807, 2.05) is 0 Å². The highest BCUT2D eigenvalue weighted by Gasteiger charge is 2.15. The lowest BCUT2D eigenvalue weighted by Gasteiger charge is -2.16. The van der Waals surface area contributed by atoms with Gasteiger partial charge in [-0.3, -0.25) is 4.68 Å². The molecule has 0 amide bonds. The van der Waals surface area contributed by atoms with Crippen LogP contribution in [0, 0.1) is 0 Å². The monoisotopic (exact) mass is 287 g/mol. The van der Waals surface area contributed by atoms with Gasteiger partial charge in [-0.25, -0.2) is 4.79 Å². The van der Waals surface area contributed by atoms with Gasteiger partial charge >= 0.3 is 5.97 Å². The van der Waals surface area contributed by atoms with E-state index in [1.165, 1.54) is 17.3 Å². The molecule has 0 radical (unpaired) electrons. The summed E-state index contributed by atoms with van der Waals surface area (Å²) in [4.78, 5) is 11.2. The highest BCUT2D eigenvalue weighted by Crippen LogP contribution is 2.23. The second kappa shape index (κ2) is 6.43. The number of nitrogens with one attached hydrogen (secondary N) is 1. The Labute approximate surface area is 124 Å². The van der Waals surface area contributed by atoms with Crippen molar-refractivity contribution in [2.75, 3.05) is 5.32 Å². The number of para-hydroxylation sites is 1. The zero-order valence-corrected chi connectivity index (χ0v) is 12.7. The number of aromatic carboxylic acids is 1. The summed E-state index contributed by atoms with van der Waals surface area (Å²) in [7, 11) is 1.76. The molecule has 112 valence electrons. The minimum atomic E-state index is -0.945. The summed E-state index contributed by atoms with van der Waals surface area (Å²) in [5.41, 5.74) is 4.52. The number of hydrogen-bond acceptors (Lipinski definition) is 3. The fraction of sp³-hybridized carbons (Fsp3) is 0.375. The number of hydrogen-bond donors (Lipinski definition) is 2. The lowest BCUT2D eigenvalue weighted by Crippen LogP contribution is -2.12. The highest BCUT2D eigenvalue weighted by atomic mass is 16.4. The summed E-state index contributed by atoms with van der Waals surface area (Å²) in [5.74, 6) is -0.945. The van der Waals surface area contributed by atoms with E-state index in [9.17, 15) is 9.90 Å². The predicted molar refractivity (Wildman–Crippen MR) is 82.7 cm³/mol. The van der Waals surface area contributed by atoms with Crippen molar-refractivity contribution in [1.82, 2.24) is 9.78 Å². The Hall–Kier alpha value is -2.30. The van der Waals surface area contributed by atoms with Crippen molar-refractivity contribution in [2.24, 2.45) is 7.05 Å². The molecule has 1 aromatic carbocycles. The molecule has 0 unspecified atom stereocenters. The third-order valence-corrected chi connectivity index (χ3v) is 3.72. The summed E-state index contributed by atoms with van der Waals surface area (Å²) in [6, 6.07) is 6.27. The SMILES string of the molecule is CCc1cccc(CC)c1NCc1c(C(=O)O)cnn1C. The Kier molecular flexibility index (Phi) is 4.62. The molecule has 0 aliphatic rings. The smallest absolute Gasteiger partial charge is 0.339 e. The topological polar surface area (TPSA) is 67.2 Å². The zero-order valence-electron chi connectivity index (χ0n) is 12.7. The van der Waals surface area contributed by atoms with Gasteiger partial charge in [-0.15, -0.1) is 0 Å². The molecule has 2 rings (SSSR count). The third kappa shape index (κ3) is 3.07. The van der Waals surface area contributed by atoms with Crippen LogP contribution in [0.25, 0.3) is 0 Å². The molecule has 5 heteroatoms. The quantitative estimate of drug-likeness (QED) is 0.857. The molecule has 2 N–H and O–H groups in total. The van der Waals surface area contributed by atoms with Gasteiger partial charge in [-0.2, -0.15) is 5.10 Å². The van der Waals surface area contributed by atoms with Crippen LogP contribution in [0.3, 0.4) is 0 Å². The molecule has 1 aromatic heterocycles. The maximum atomic E-state index is 11.2. The summed E-state index contributed by atoms with van der Waals surface area (Å²) >= 11 is 0. The van der Waals surface area contributed by atoms with Gasteiger partial charge in [0.2, 0.25) is 0 Å².